The number of benzene rings is 1. The maximum Gasteiger partial charge on any atom is 0.123 e. The van der Waals surface area contributed by atoms with E-state index in [1.165, 1.54) is 10.9 Å². The fraction of sp³-hybridized carbons (Fsp3) is 0.357. The minimum atomic E-state index is -0.207. The Morgan fingerprint density at radius 2 is 2.26 bits per heavy atom. The number of methoxy groups -OCH3 is 1. The van der Waals surface area contributed by atoms with Crippen LogP contribution in [-0.2, 0) is 24.3 Å². The maximum atomic E-state index is 13.1. The van der Waals surface area contributed by atoms with Gasteiger partial charge in [-0.2, -0.15) is 0 Å². The number of ether oxygens (including phenoxy) is 1. The SMILES string of the molecule is CNCc1sc(Cc2cccc(F)c2)nc1COC. The van der Waals surface area contributed by atoms with Crippen molar-refractivity contribution >= 4 is 11.3 Å². The number of hydrogen-bond donors (Lipinski definition) is 1. The highest BCUT2D eigenvalue weighted by Gasteiger charge is 2.11. The molecule has 2 aromatic rings. The molecule has 0 fully saturated rings. The van der Waals surface area contributed by atoms with E-state index in [2.05, 4.69) is 10.3 Å². The molecule has 0 aliphatic rings. The zero-order valence-corrected chi connectivity index (χ0v) is 11.9. The summed E-state index contributed by atoms with van der Waals surface area (Å²) in [5.41, 5.74) is 1.90. The van der Waals surface area contributed by atoms with Gasteiger partial charge >= 0.3 is 0 Å². The average Bonchev–Trinajstić information content (AvgIpc) is 2.72. The highest BCUT2D eigenvalue weighted by atomic mass is 32.1. The molecule has 0 aliphatic heterocycles. The van der Waals surface area contributed by atoms with Gasteiger partial charge in [-0.1, -0.05) is 12.1 Å². The van der Waals surface area contributed by atoms with Crippen LogP contribution < -0.4 is 5.32 Å². The van der Waals surface area contributed by atoms with Gasteiger partial charge in [0, 0.05) is 25.0 Å². The largest absolute Gasteiger partial charge is 0.378 e. The summed E-state index contributed by atoms with van der Waals surface area (Å²) in [6.07, 6.45) is 0.656. The summed E-state index contributed by atoms with van der Waals surface area (Å²) in [5, 5.41) is 4.11. The summed E-state index contributed by atoms with van der Waals surface area (Å²) >= 11 is 1.65. The van der Waals surface area contributed by atoms with Crippen LogP contribution in [0.5, 0.6) is 0 Å². The lowest BCUT2D eigenvalue weighted by Crippen LogP contribution is -2.06. The number of nitrogens with one attached hydrogen (secondary N) is 1. The third-order valence-corrected chi connectivity index (χ3v) is 3.78. The molecule has 0 aliphatic carbocycles. The third kappa shape index (κ3) is 3.83. The topological polar surface area (TPSA) is 34.2 Å². The lowest BCUT2D eigenvalue weighted by Gasteiger charge is -1.98. The molecule has 0 saturated heterocycles. The van der Waals surface area contributed by atoms with Gasteiger partial charge in [-0.3, -0.25) is 0 Å². The highest BCUT2D eigenvalue weighted by Crippen LogP contribution is 2.22. The molecule has 1 aromatic heterocycles. The Kier molecular flexibility index (Phi) is 5.01. The van der Waals surface area contributed by atoms with Gasteiger partial charge in [0.25, 0.3) is 0 Å². The molecule has 0 saturated carbocycles. The molecule has 0 amide bonds. The van der Waals surface area contributed by atoms with E-state index in [1.54, 1.807) is 30.6 Å². The summed E-state index contributed by atoms with van der Waals surface area (Å²) in [5.74, 6) is -0.207. The Bertz CT molecular complexity index is 518. The van der Waals surface area contributed by atoms with Gasteiger partial charge in [-0.15, -0.1) is 11.3 Å². The van der Waals surface area contributed by atoms with E-state index < -0.39 is 0 Å². The zero-order chi connectivity index (χ0) is 13.7. The van der Waals surface area contributed by atoms with Crippen molar-refractivity contribution in [3.63, 3.8) is 0 Å². The Labute approximate surface area is 116 Å². The van der Waals surface area contributed by atoms with E-state index in [0.717, 1.165) is 22.8 Å². The summed E-state index contributed by atoms with van der Waals surface area (Å²) in [6.45, 7) is 1.29. The van der Waals surface area contributed by atoms with Gasteiger partial charge in [-0.25, -0.2) is 9.37 Å². The van der Waals surface area contributed by atoms with Crippen molar-refractivity contribution in [2.24, 2.45) is 0 Å². The number of halogens is 1. The molecule has 2 rings (SSSR count). The van der Waals surface area contributed by atoms with Crippen LogP contribution in [0.1, 0.15) is 21.1 Å². The van der Waals surface area contributed by atoms with E-state index in [1.807, 2.05) is 13.1 Å². The van der Waals surface area contributed by atoms with Crippen LogP contribution in [0.3, 0.4) is 0 Å². The summed E-state index contributed by atoms with van der Waals surface area (Å²) in [6, 6.07) is 6.64. The van der Waals surface area contributed by atoms with Crippen molar-refractivity contribution in [1.82, 2.24) is 10.3 Å². The van der Waals surface area contributed by atoms with E-state index >= 15 is 0 Å². The van der Waals surface area contributed by atoms with Gasteiger partial charge in [0.1, 0.15) is 5.82 Å². The van der Waals surface area contributed by atoms with Gasteiger partial charge in [0.05, 0.1) is 17.3 Å². The van der Waals surface area contributed by atoms with Crippen LogP contribution in [0.2, 0.25) is 0 Å². The van der Waals surface area contributed by atoms with Crippen LogP contribution in [0.15, 0.2) is 24.3 Å². The molecule has 0 bridgehead atoms. The van der Waals surface area contributed by atoms with Crippen LogP contribution in [0.4, 0.5) is 4.39 Å². The van der Waals surface area contributed by atoms with E-state index in [4.69, 9.17) is 4.74 Å². The summed E-state index contributed by atoms with van der Waals surface area (Å²) in [7, 11) is 3.57. The highest BCUT2D eigenvalue weighted by molar-refractivity contribution is 7.11. The second-order valence-electron chi connectivity index (χ2n) is 4.25. The van der Waals surface area contributed by atoms with Gasteiger partial charge < -0.3 is 10.1 Å². The summed E-state index contributed by atoms with van der Waals surface area (Å²) in [4.78, 5) is 5.75. The monoisotopic (exact) mass is 280 g/mol. The first-order chi connectivity index (χ1) is 9.22. The molecule has 1 heterocycles. The fourth-order valence-corrected chi connectivity index (χ4v) is 3.00. The van der Waals surface area contributed by atoms with Crippen molar-refractivity contribution in [2.75, 3.05) is 14.2 Å². The number of rotatable bonds is 6. The molecule has 19 heavy (non-hydrogen) atoms. The first kappa shape index (κ1) is 14.1. The van der Waals surface area contributed by atoms with E-state index in [-0.39, 0.29) is 5.82 Å². The molecule has 0 spiro atoms. The number of nitrogens with zero attached hydrogens (tertiary/aromatic N) is 1. The Morgan fingerprint density at radius 3 is 2.95 bits per heavy atom. The van der Waals surface area contributed by atoms with Gasteiger partial charge in [-0.05, 0) is 24.7 Å². The average molecular weight is 280 g/mol. The molecule has 102 valence electrons. The fourth-order valence-electron chi connectivity index (χ4n) is 1.88. The van der Waals surface area contributed by atoms with Crippen molar-refractivity contribution < 1.29 is 9.13 Å². The first-order valence-electron chi connectivity index (χ1n) is 6.08. The zero-order valence-electron chi connectivity index (χ0n) is 11.1. The van der Waals surface area contributed by atoms with Crippen LogP contribution in [0, 0.1) is 5.82 Å². The number of thiazole rings is 1. The minimum Gasteiger partial charge on any atom is -0.378 e. The summed E-state index contributed by atoms with van der Waals surface area (Å²) < 4.78 is 18.3. The molecule has 1 N–H and O–H groups in total. The van der Waals surface area contributed by atoms with Gasteiger partial charge in [0.15, 0.2) is 0 Å². The lowest BCUT2D eigenvalue weighted by atomic mass is 10.1. The molecule has 1 aromatic carbocycles. The van der Waals surface area contributed by atoms with E-state index in [0.29, 0.717) is 13.0 Å². The standard InChI is InChI=1S/C14H17FN2OS/c1-16-8-13-12(9-18-2)17-14(19-13)7-10-4-3-5-11(15)6-10/h3-6,16H,7-9H2,1-2H3. The Balaban J connectivity index is 2.18. The van der Waals surface area contributed by atoms with Crippen LogP contribution >= 0.6 is 11.3 Å². The van der Waals surface area contributed by atoms with Gasteiger partial charge in [0.2, 0.25) is 0 Å². The second-order valence-corrected chi connectivity index (χ2v) is 5.42. The quantitative estimate of drug-likeness (QED) is 0.883. The molecular formula is C14H17FN2OS. The third-order valence-electron chi connectivity index (χ3n) is 2.69. The van der Waals surface area contributed by atoms with E-state index in [9.17, 15) is 4.39 Å². The number of aromatic nitrogens is 1. The van der Waals surface area contributed by atoms with Crippen LogP contribution in [0.25, 0.3) is 0 Å². The molecular weight excluding hydrogens is 263 g/mol. The molecule has 0 unspecified atom stereocenters. The lowest BCUT2D eigenvalue weighted by molar-refractivity contribution is 0.181. The van der Waals surface area contributed by atoms with Crippen molar-refractivity contribution in [3.05, 3.63) is 51.2 Å². The minimum absolute atomic E-state index is 0.207. The smallest absolute Gasteiger partial charge is 0.123 e. The Morgan fingerprint density at radius 1 is 1.42 bits per heavy atom. The maximum absolute atomic E-state index is 13.1. The molecule has 5 heteroatoms. The van der Waals surface area contributed by atoms with Crippen molar-refractivity contribution in [2.45, 2.75) is 19.6 Å². The number of hydrogen-bond acceptors (Lipinski definition) is 4. The molecule has 3 nitrogen and oxygen atoms in total. The Hall–Kier alpha value is -1.30. The molecule has 0 radical (unpaired) electrons. The van der Waals surface area contributed by atoms with Crippen molar-refractivity contribution in [3.8, 4) is 0 Å². The van der Waals surface area contributed by atoms with Crippen molar-refractivity contribution in [1.29, 1.82) is 0 Å². The predicted molar refractivity (Wildman–Crippen MR) is 74.8 cm³/mol. The molecule has 0 atom stereocenters. The van der Waals surface area contributed by atoms with Crippen LogP contribution in [-0.4, -0.2) is 19.1 Å². The first-order valence-corrected chi connectivity index (χ1v) is 6.90. The second kappa shape index (κ2) is 6.75. The normalized spacial score (nSPS) is 10.9. The predicted octanol–water partition coefficient (Wildman–Crippen LogP) is 2.74.